The van der Waals surface area contributed by atoms with E-state index in [1.165, 1.54) is 334 Å². The number of unbranched alkanes of at least 4 members (excludes halogenated alkanes) is 54. The third kappa shape index (κ3) is 69.1. The van der Waals surface area contributed by atoms with Gasteiger partial charge in [-0.05, 0) is 83.5 Å². The van der Waals surface area contributed by atoms with Gasteiger partial charge in [0.15, 0.2) is 0 Å². The maximum absolute atomic E-state index is 12.5. The highest BCUT2D eigenvalue weighted by Crippen LogP contribution is 2.19. The average Bonchev–Trinajstić information content (AvgIpc) is 3.49. The van der Waals surface area contributed by atoms with Crippen LogP contribution in [0.3, 0.4) is 0 Å². The van der Waals surface area contributed by atoms with Gasteiger partial charge in [-0.15, -0.1) is 0 Å². The van der Waals surface area contributed by atoms with Gasteiger partial charge in [0.25, 0.3) is 0 Å². The lowest BCUT2D eigenvalue weighted by molar-refractivity contribution is -0.143. The van der Waals surface area contributed by atoms with Crippen molar-refractivity contribution in [2.75, 3.05) is 13.2 Å². The van der Waals surface area contributed by atoms with Gasteiger partial charge in [-0.2, -0.15) is 0 Å². The number of rotatable bonds is 71. The van der Waals surface area contributed by atoms with Gasteiger partial charge in [-0.1, -0.05) is 359 Å². The molecule has 0 aromatic rings. The zero-order valence-electron chi connectivity index (χ0n) is 56.2. The van der Waals surface area contributed by atoms with Crippen molar-refractivity contribution in [2.24, 2.45) is 0 Å². The molecule has 2 unspecified atom stereocenters. The fourth-order valence-corrected chi connectivity index (χ4v) is 11.9. The Balaban J connectivity index is 3.34. The Hall–Kier alpha value is -1.92. The average molecular weight is 1170 g/mol. The number of hydrogen-bond acceptors (Lipinski definition) is 5. The van der Waals surface area contributed by atoms with Crippen LogP contribution in [0.15, 0.2) is 36.5 Å². The second kappa shape index (κ2) is 72.6. The smallest absolute Gasteiger partial charge is 0.305 e. The van der Waals surface area contributed by atoms with E-state index in [-0.39, 0.29) is 18.5 Å². The number of carbonyl (C=O) groups excluding carboxylic acids is 2. The quantitative estimate of drug-likeness (QED) is 0.0320. The van der Waals surface area contributed by atoms with Gasteiger partial charge < -0.3 is 20.3 Å². The first kappa shape index (κ1) is 81.1. The van der Waals surface area contributed by atoms with Gasteiger partial charge in [0.1, 0.15) is 0 Å². The van der Waals surface area contributed by atoms with Crippen LogP contribution in [0.4, 0.5) is 0 Å². The fourth-order valence-electron chi connectivity index (χ4n) is 11.9. The lowest BCUT2D eigenvalue weighted by Gasteiger charge is -2.22. The summed E-state index contributed by atoms with van der Waals surface area (Å²) in [6.45, 7) is 4.97. The number of allylic oxidation sites excluding steroid dienone is 6. The Labute approximate surface area is 519 Å². The van der Waals surface area contributed by atoms with E-state index in [1.807, 2.05) is 0 Å². The lowest BCUT2D eigenvalue weighted by Crippen LogP contribution is -2.45. The monoisotopic (exact) mass is 1170 g/mol. The summed E-state index contributed by atoms with van der Waals surface area (Å²) in [6, 6.07) is -0.539. The van der Waals surface area contributed by atoms with Gasteiger partial charge in [0, 0.05) is 12.8 Å². The zero-order chi connectivity index (χ0) is 59.9. The van der Waals surface area contributed by atoms with Crippen molar-refractivity contribution in [3.63, 3.8) is 0 Å². The minimum absolute atomic E-state index is 0.0114. The molecule has 490 valence electrons. The van der Waals surface area contributed by atoms with Crippen LogP contribution in [0.25, 0.3) is 0 Å². The van der Waals surface area contributed by atoms with Gasteiger partial charge in [-0.3, -0.25) is 9.59 Å². The molecule has 6 nitrogen and oxygen atoms in total. The van der Waals surface area contributed by atoms with Crippen molar-refractivity contribution < 1.29 is 24.5 Å². The normalized spacial score (nSPS) is 12.7. The second-order valence-corrected chi connectivity index (χ2v) is 26.0. The summed E-state index contributed by atoms with van der Waals surface area (Å²) < 4.78 is 5.48. The molecular weight excluding hydrogens is 1020 g/mol. The highest BCUT2D eigenvalue weighted by Gasteiger charge is 2.20. The molecule has 3 N–H and O–H groups in total. The van der Waals surface area contributed by atoms with Crippen LogP contribution in [0, 0.1) is 0 Å². The van der Waals surface area contributed by atoms with E-state index in [2.05, 4.69) is 55.6 Å². The number of aliphatic hydroxyl groups is 2. The van der Waals surface area contributed by atoms with E-state index in [0.717, 1.165) is 51.4 Å². The van der Waals surface area contributed by atoms with Gasteiger partial charge in [0.2, 0.25) is 5.91 Å². The fraction of sp³-hybridized carbons (Fsp3) is 0.896. The van der Waals surface area contributed by atoms with E-state index in [4.69, 9.17) is 4.74 Å². The summed E-state index contributed by atoms with van der Waals surface area (Å²) in [7, 11) is 0. The standard InChI is InChI=1S/C77H147NO5/c1-3-5-7-9-11-13-15-17-46-49-53-57-61-65-69-75(80)74(73-79)78-76(81)70-66-62-58-54-50-47-43-41-39-37-35-33-31-29-27-25-23-21-19-18-20-22-24-26-28-30-32-34-36-38-40-42-44-48-52-56-60-64-68-72-83-77(82)71-67-63-59-55-51-45-16-14-12-10-8-6-4-2/h14,16,18-19,22,24,74-75,79-80H,3-13,15,17,20-21,23,25-73H2,1-2H3,(H,78,81)/b16-14-,19-18-,24-22-. The first-order chi connectivity index (χ1) is 41.0. The first-order valence-corrected chi connectivity index (χ1v) is 37.7. The summed E-state index contributed by atoms with van der Waals surface area (Å²) in [5, 5.41) is 23.3. The Kier molecular flexibility index (Phi) is 70.9. The van der Waals surface area contributed by atoms with E-state index in [9.17, 15) is 19.8 Å². The van der Waals surface area contributed by atoms with Gasteiger partial charge >= 0.3 is 5.97 Å². The minimum Gasteiger partial charge on any atom is -0.466 e. The molecule has 0 aromatic heterocycles. The number of aliphatic hydroxyl groups excluding tert-OH is 2. The largest absolute Gasteiger partial charge is 0.466 e. The first-order valence-electron chi connectivity index (χ1n) is 37.7. The SMILES string of the molecule is CCCCCC/C=C\CCCCCCCC(=O)OCCCCCCCCCCCCCCCCC/C=C\C/C=C\CCCCCCCCCCCCCCCCCCCC(=O)NC(CO)C(O)CCCCCCCCCCCCCCCC. The molecule has 0 radical (unpaired) electrons. The number of ether oxygens (including phenoxy) is 1. The Morgan fingerprint density at radius 1 is 0.337 bits per heavy atom. The highest BCUT2D eigenvalue weighted by molar-refractivity contribution is 5.76. The Morgan fingerprint density at radius 3 is 0.940 bits per heavy atom. The third-order valence-corrected chi connectivity index (χ3v) is 17.7. The van der Waals surface area contributed by atoms with Crippen LogP contribution in [-0.4, -0.2) is 47.4 Å². The molecule has 6 heteroatoms. The molecule has 0 fully saturated rings. The predicted octanol–water partition coefficient (Wildman–Crippen LogP) is 24.7. The highest BCUT2D eigenvalue weighted by atomic mass is 16.5. The van der Waals surface area contributed by atoms with Crippen molar-refractivity contribution >= 4 is 11.9 Å². The molecule has 2 atom stereocenters. The van der Waals surface area contributed by atoms with Crippen molar-refractivity contribution in [1.29, 1.82) is 0 Å². The number of carbonyl (C=O) groups is 2. The summed E-state index contributed by atoms with van der Waals surface area (Å²) >= 11 is 0. The van der Waals surface area contributed by atoms with Crippen LogP contribution < -0.4 is 5.32 Å². The summed E-state index contributed by atoms with van der Waals surface area (Å²) in [5.74, 6) is -0.0179. The Bertz CT molecular complexity index is 1340. The van der Waals surface area contributed by atoms with Gasteiger partial charge in [-0.25, -0.2) is 0 Å². The van der Waals surface area contributed by atoms with Crippen LogP contribution in [0.5, 0.6) is 0 Å². The molecule has 0 bridgehead atoms. The molecule has 0 rings (SSSR count). The zero-order valence-corrected chi connectivity index (χ0v) is 56.2. The summed E-state index contributed by atoms with van der Waals surface area (Å²) in [5.41, 5.74) is 0. The molecular formula is C77H147NO5. The van der Waals surface area contributed by atoms with Crippen molar-refractivity contribution in [3.05, 3.63) is 36.5 Å². The maximum atomic E-state index is 12.5. The van der Waals surface area contributed by atoms with E-state index >= 15 is 0 Å². The van der Waals surface area contributed by atoms with Crippen LogP contribution in [0.2, 0.25) is 0 Å². The minimum atomic E-state index is -0.661. The number of hydrogen-bond donors (Lipinski definition) is 3. The molecule has 0 saturated carbocycles. The molecule has 1 amide bonds. The van der Waals surface area contributed by atoms with E-state index < -0.39 is 12.1 Å². The molecule has 0 spiro atoms. The summed E-state index contributed by atoms with van der Waals surface area (Å²) in [4.78, 5) is 24.6. The molecule has 83 heavy (non-hydrogen) atoms. The predicted molar refractivity (Wildman–Crippen MR) is 366 cm³/mol. The van der Waals surface area contributed by atoms with Crippen molar-refractivity contribution in [1.82, 2.24) is 5.32 Å². The molecule has 0 aromatic carbocycles. The molecule has 0 saturated heterocycles. The maximum Gasteiger partial charge on any atom is 0.305 e. The molecule has 0 aliphatic rings. The number of esters is 1. The van der Waals surface area contributed by atoms with Crippen molar-refractivity contribution in [3.8, 4) is 0 Å². The second-order valence-electron chi connectivity index (χ2n) is 26.0. The molecule has 0 aliphatic carbocycles. The van der Waals surface area contributed by atoms with Crippen LogP contribution in [-0.2, 0) is 14.3 Å². The summed E-state index contributed by atoms with van der Waals surface area (Å²) in [6.07, 6.45) is 93.7. The van der Waals surface area contributed by atoms with Gasteiger partial charge in [0.05, 0.1) is 25.4 Å². The Morgan fingerprint density at radius 2 is 0.602 bits per heavy atom. The lowest BCUT2D eigenvalue weighted by atomic mass is 10.0. The number of amides is 1. The van der Waals surface area contributed by atoms with E-state index in [0.29, 0.717) is 25.9 Å². The van der Waals surface area contributed by atoms with Crippen molar-refractivity contribution in [2.45, 2.75) is 431 Å². The topological polar surface area (TPSA) is 95.9 Å². The van der Waals surface area contributed by atoms with E-state index in [1.54, 1.807) is 0 Å². The molecule has 0 aliphatic heterocycles. The third-order valence-electron chi connectivity index (χ3n) is 17.7. The van der Waals surface area contributed by atoms with Crippen LogP contribution in [0.1, 0.15) is 418 Å². The van der Waals surface area contributed by atoms with Crippen LogP contribution >= 0.6 is 0 Å². The molecule has 0 heterocycles. The number of nitrogens with one attached hydrogen (secondary N) is 1.